The Hall–Kier alpha value is -3.72. The van der Waals surface area contributed by atoms with E-state index in [1.165, 1.54) is 50.1 Å². The minimum atomic E-state index is 0.231. The molecule has 4 aromatic carbocycles. The summed E-state index contributed by atoms with van der Waals surface area (Å²) in [4.78, 5) is 0. The Balaban J connectivity index is 2.05. The SMILES string of the molecule is CCc1c(Cc2cc(C)c(O)c(C(C)C)c2)c(CC)c(Cc2cc(C)c(O)c(C(C)C)c2)c(CC)c1Cc1cc(C)c(O)c(C(C)C)c1. The van der Waals surface area contributed by atoms with Crippen LogP contribution in [0, 0.1) is 20.8 Å². The molecule has 3 heteroatoms. The van der Waals surface area contributed by atoms with Crippen molar-refractivity contribution in [2.24, 2.45) is 0 Å². The van der Waals surface area contributed by atoms with Crippen LogP contribution in [0.4, 0.5) is 0 Å². The van der Waals surface area contributed by atoms with Crippen LogP contribution < -0.4 is 0 Å². The van der Waals surface area contributed by atoms with Gasteiger partial charge in [0.15, 0.2) is 0 Å². The summed E-state index contributed by atoms with van der Waals surface area (Å²) in [6.45, 7) is 25.8. The van der Waals surface area contributed by atoms with E-state index in [2.05, 4.69) is 98.7 Å². The number of aryl methyl sites for hydroxylation is 3. The molecule has 0 aromatic heterocycles. The normalized spacial score (nSPS) is 11.8. The smallest absolute Gasteiger partial charge is 0.121 e. The third-order valence-corrected chi connectivity index (χ3v) is 10.4. The lowest BCUT2D eigenvalue weighted by atomic mass is 9.77. The van der Waals surface area contributed by atoms with E-state index < -0.39 is 0 Å². The first-order chi connectivity index (χ1) is 22.6. The summed E-state index contributed by atoms with van der Waals surface area (Å²) in [5, 5.41) is 32.7. The lowest BCUT2D eigenvalue weighted by Crippen LogP contribution is -2.15. The highest BCUT2D eigenvalue weighted by Crippen LogP contribution is 2.39. The Kier molecular flexibility index (Phi) is 11.8. The predicted molar refractivity (Wildman–Crippen MR) is 204 cm³/mol. The molecule has 48 heavy (non-hydrogen) atoms. The van der Waals surface area contributed by atoms with Gasteiger partial charge in [-0.3, -0.25) is 0 Å². The molecule has 0 aliphatic carbocycles. The van der Waals surface area contributed by atoms with Gasteiger partial charge in [0.05, 0.1) is 0 Å². The van der Waals surface area contributed by atoms with E-state index in [0.29, 0.717) is 17.2 Å². The summed E-state index contributed by atoms with van der Waals surface area (Å²) in [6.07, 6.45) is 5.24. The molecule has 0 saturated heterocycles. The van der Waals surface area contributed by atoms with E-state index in [0.717, 1.165) is 71.9 Å². The van der Waals surface area contributed by atoms with Gasteiger partial charge in [-0.25, -0.2) is 0 Å². The maximum absolute atomic E-state index is 10.9. The van der Waals surface area contributed by atoms with E-state index in [-0.39, 0.29) is 17.8 Å². The Bertz CT molecular complexity index is 1560. The van der Waals surface area contributed by atoms with Crippen LogP contribution in [0.2, 0.25) is 0 Å². The molecule has 0 bridgehead atoms. The van der Waals surface area contributed by atoms with Crippen molar-refractivity contribution in [1.82, 2.24) is 0 Å². The Morgan fingerprint density at radius 1 is 0.396 bits per heavy atom. The molecule has 3 N–H and O–H groups in total. The van der Waals surface area contributed by atoms with Gasteiger partial charge >= 0.3 is 0 Å². The molecular weight excluding hydrogens is 588 g/mol. The molecular formula is C45H60O3. The van der Waals surface area contributed by atoms with E-state index in [9.17, 15) is 15.3 Å². The van der Waals surface area contributed by atoms with E-state index >= 15 is 0 Å². The molecule has 0 amide bonds. The summed E-state index contributed by atoms with van der Waals surface area (Å²) in [5.41, 5.74) is 18.1. The summed E-state index contributed by atoms with van der Waals surface area (Å²) in [6, 6.07) is 13.2. The Labute approximate surface area is 291 Å². The van der Waals surface area contributed by atoms with E-state index in [1.807, 2.05) is 20.8 Å². The number of hydrogen-bond acceptors (Lipinski definition) is 3. The predicted octanol–water partition coefficient (Wildman–Crippen LogP) is 11.6. The zero-order valence-corrected chi connectivity index (χ0v) is 31.8. The van der Waals surface area contributed by atoms with Gasteiger partial charge in [0, 0.05) is 0 Å². The molecule has 4 rings (SSSR count). The molecule has 0 spiro atoms. The highest BCUT2D eigenvalue weighted by atomic mass is 16.3. The van der Waals surface area contributed by atoms with Gasteiger partial charge in [-0.2, -0.15) is 0 Å². The molecule has 0 aliphatic rings. The fourth-order valence-electron chi connectivity index (χ4n) is 7.90. The number of benzene rings is 4. The van der Waals surface area contributed by atoms with E-state index in [4.69, 9.17) is 0 Å². The number of phenolic OH excluding ortho intramolecular Hbond substituents is 3. The zero-order valence-electron chi connectivity index (χ0n) is 31.8. The van der Waals surface area contributed by atoms with Gasteiger partial charge in [0.1, 0.15) is 17.2 Å². The van der Waals surface area contributed by atoms with Crippen molar-refractivity contribution in [3.63, 3.8) is 0 Å². The Morgan fingerprint density at radius 2 is 0.625 bits per heavy atom. The van der Waals surface area contributed by atoms with Crippen LogP contribution >= 0.6 is 0 Å². The topological polar surface area (TPSA) is 60.7 Å². The van der Waals surface area contributed by atoms with Crippen LogP contribution in [0.15, 0.2) is 36.4 Å². The second kappa shape index (κ2) is 15.2. The first-order valence-corrected chi connectivity index (χ1v) is 18.3. The summed E-state index contributed by atoms with van der Waals surface area (Å²) < 4.78 is 0. The standard InChI is InChI=1S/C45H60O3/c1-13-34-40(22-31-16-28(10)43(46)37(19-31)25(4)5)35(14-2)42(24-33-18-30(12)45(48)39(21-33)27(8)9)36(15-3)41(34)23-32-17-29(11)44(47)38(20-32)26(6)7/h16-21,25-27,46-48H,13-15,22-24H2,1-12H3. The average molecular weight is 649 g/mol. The van der Waals surface area contributed by atoms with Crippen LogP contribution in [0.1, 0.15) is 164 Å². The molecule has 0 radical (unpaired) electrons. The number of phenols is 3. The van der Waals surface area contributed by atoms with Gasteiger partial charge in [-0.05, 0) is 161 Å². The molecule has 0 fully saturated rings. The van der Waals surface area contributed by atoms with Crippen LogP contribution in [-0.4, -0.2) is 15.3 Å². The summed E-state index contributed by atoms with van der Waals surface area (Å²) >= 11 is 0. The van der Waals surface area contributed by atoms with Gasteiger partial charge in [-0.1, -0.05) is 98.7 Å². The van der Waals surface area contributed by atoms with Crippen LogP contribution in [0.5, 0.6) is 17.2 Å². The number of hydrogen-bond donors (Lipinski definition) is 3. The van der Waals surface area contributed by atoms with Crippen molar-refractivity contribution in [2.75, 3.05) is 0 Å². The lowest BCUT2D eigenvalue weighted by molar-refractivity contribution is 0.460. The third kappa shape index (κ3) is 7.46. The van der Waals surface area contributed by atoms with Gasteiger partial charge in [0.2, 0.25) is 0 Å². The summed E-state index contributed by atoms with van der Waals surface area (Å²) in [7, 11) is 0. The minimum absolute atomic E-state index is 0.231. The van der Waals surface area contributed by atoms with Gasteiger partial charge in [-0.15, -0.1) is 0 Å². The van der Waals surface area contributed by atoms with Crippen molar-refractivity contribution in [3.8, 4) is 17.2 Å². The van der Waals surface area contributed by atoms with Crippen LogP contribution in [-0.2, 0) is 38.5 Å². The maximum atomic E-state index is 10.9. The molecule has 258 valence electrons. The molecule has 0 aliphatic heterocycles. The van der Waals surface area contributed by atoms with Crippen molar-refractivity contribution in [1.29, 1.82) is 0 Å². The largest absolute Gasteiger partial charge is 0.507 e. The maximum Gasteiger partial charge on any atom is 0.121 e. The second-order valence-electron chi connectivity index (χ2n) is 15.0. The van der Waals surface area contributed by atoms with Crippen molar-refractivity contribution < 1.29 is 15.3 Å². The van der Waals surface area contributed by atoms with Crippen LogP contribution in [0.25, 0.3) is 0 Å². The van der Waals surface area contributed by atoms with E-state index in [1.54, 1.807) is 0 Å². The fourth-order valence-corrected chi connectivity index (χ4v) is 7.90. The van der Waals surface area contributed by atoms with Crippen molar-refractivity contribution in [2.45, 2.75) is 139 Å². The zero-order chi connectivity index (χ0) is 35.6. The number of aromatic hydroxyl groups is 3. The van der Waals surface area contributed by atoms with Gasteiger partial charge in [0.25, 0.3) is 0 Å². The highest BCUT2D eigenvalue weighted by Gasteiger charge is 2.24. The molecule has 0 saturated carbocycles. The molecule has 0 unspecified atom stereocenters. The second-order valence-corrected chi connectivity index (χ2v) is 15.0. The molecule has 3 nitrogen and oxygen atoms in total. The number of rotatable bonds is 12. The quantitative estimate of drug-likeness (QED) is 0.143. The first-order valence-electron chi connectivity index (χ1n) is 18.3. The van der Waals surface area contributed by atoms with Crippen molar-refractivity contribution >= 4 is 0 Å². The molecule has 0 heterocycles. The molecule has 0 atom stereocenters. The van der Waals surface area contributed by atoms with Gasteiger partial charge < -0.3 is 15.3 Å². The minimum Gasteiger partial charge on any atom is -0.507 e. The lowest BCUT2D eigenvalue weighted by Gasteiger charge is -2.27. The summed E-state index contributed by atoms with van der Waals surface area (Å²) in [5.74, 6) is 1.93. The monoisotopic (exact) mass is 648 g/mol. The van der Waals surface area contributed by atoms with Crippen molar-refractivity contribution in [3.05, 3.63) is 120 Å². The molecule has 4 aromatic rings. The Morgan fingerprint density at radius 3 is 0.812 bits per heavy atom. The third-order valence-electron chi connectivity index (χ3n) is 10.4. The van der Waals surface area contributed by atoms with Crippen LogP contribution in [0.3, 0.4) is 0 Å². The average Bonchev–Trinajstić information content (AvgIpc) is 3.02. The highest BCUT2D eigenvalue weighted by molar-refractivity contribution is 5.58. The fraction of sp³-hybridized carbons (Fsp3) is 0.467. The first kappa shape index (κ1) is 37.1.